The summed E-state index contributed by atoms with van der Waals surface area (Å²) in [5.74, 6) is -1.75. The van der Waals surface area contributed by atoms with Gasteiger partial charge in [-0.2, -0.15) is 0 Å². The monoisotopic (exact) mass is 410 g/mol. The molecule has 1 spiro atoms. The van der Waals surface area contributed by atoms with Crippen molar-refractivity contribution >= 4 is 34.6 Å². The fourth-order valence-corrected chi connectivity index (χ4v) is 4.50. The normalized spacial score (nSPS) is 25.1. The van der Waals surface area contributed by atoms with Crippen molar-refractivity contribution in [1.29, 1.82) is 0 Å². The second-order valence-electron chi connectivity index (χ2n) is 6.64. The molecular formula is C16H15ClN4O5S. The zero-order valence-electron chi connectivity index (χ0n) is 13.9. The van der Waals surface area contributed by atoms with Crippen LogP contribution in [0.15, 0.2) is 18.2 Å². The molecule has 0 amide bonds. The first kappa shape index (κ1) is 17.3. The number of carboxylic acid groups (broad SMARTS) is 1. The predicted octanol–water partition coefficient (Wildman–Crippen LogP) is 2.20. The Kier molecular flexibility index (Phi) is 4.08. The van der Waals surface area contributed by atoms with Crippen LogP contribution in [-0.2, 0) is 25.1 Å². The molecular weight excluding hydrogens is 396 g/mol. The number of anilines is 1. The van der Waals surface area contributed by atoms with E-state index in [0.29, 0.717) is 17.2 Å². The lowest BCUT2D eigenvalue weighted by atomic mass is 10.0. The van der Waals surface area contributed by atoms with E-state index in [1.807, 2.05) is 12.1 Å². The van der Waals surface area contributed by atoms with Gasteiger partial charge < -0.3 is 5.11 Å². The summed E-state index contributed by atoms with van der Waals surface area (Å²) >= 11 is 8.19. The molecule has 2 N–H and O–H groups in total. The number of rotatable bonds is 5. The molecule has 1 saturated heterocycles. The molecule has 3 heterocycles. The van der Waals surface area contributed by atoms with E-state index in [2.05, 4.69) is 15.8 Å². The van der Waals surface area contributed by atoms with Crippen molar-refractivity contribution in [1.82, 2.24) is 15.8 Å². The number of benzene rings is 1. The number of alkyl halides is 1. The smallest absolute Gasteiger partial charge is 0.325 e. The van der Waals surface area contributed by atoms with Gasteiger partial charge in [-0.25, -0.2) is 14.7 Å². The summed E-state index contributed by atoms with van der Waals surface area (Å²) in [7, 11) is 0. The Balaban J connectivity index is 1.49. The molecule has 2 aromatic rings. The molecule has 1 saturated carbocycles. The average Bonchev–Trinajstić information content (AvgIpc) is 3.10. The number of fused-ring (bicyclic) bond motifs is 2. The second kappa shape index (κ2) is 6.36. The summed E-state index contributed by atoms with van der Waals surface area (Å²) in [4.78, 5) is 27.4. The van der Waals surface area contributed by atoms with Crippen molar-refractivity contribution in [3.8, 4) is 0 Å². The summed E-state index contributed by atoms with van der Waals surface area (Å²) in [6.45, 7) is -0.264. The van der Waals surface area contributed by atoms with Crippen LogP contribution in [0, 0.1) is 0 Å². The van der Waals surface area contributed by atoms with Gasteiger partial charge in [0.2, 0.25) is 0 Å². The zero-order chi connectivity index (χ0) is 18.6. The van der Waals surface area contributed by atoms with Crippen molar-refractivity contribution in [2.45, 2.75) is 29.9 Å². The first-order valence-electron chi connectivity index (χ1n) is 8.41. The van der Waals surface area contributed by atoms with Crippen molar-refractivity contribution in [2.75, 3.05) is 18.2 Å². The van der Waals surface area contributed by atoms with Gasteiger partial charge >= 0.3 is 5.97 Å². The lowest BCUT2D eigenvalue weighted by molar-refractivity contribution is -0.238. The molecule has 3 aliphatic rings. The minimum absolute atomic E-state index is 0.0666. The average molecular weight is 411 g/mol. The maximum atomic E-state index is 11.1. The van der Waals surface area contributed by atoms with Gasteiger partial charge in [-0.1, -0.05) is 23.0 Å². The number of carbonyl (C=O) groups is 1. The number of halogens is 1. The van der Waals surface area contributed by atoms with Crippen LogP contribution < -0.4 is 10.7 Å². The van der Waals surface area contributed by atoms with Gasteiger partial charge in [-0.15, -0.1) is 21.8 Å². The number of nitrogens with zero attached hydrogens (tertiary/aromatic N) is 3. The molecule has 2 atom stereocenters. The SMILES string of the molecule is O=C(O)CN1OC2(CONO2)c2cc(C(Cl)c3nnc(C4CC4)s3)ccc21. The summed E-state index contributed by atoms with van der Waals surface area (Å²) in [5, 5.41) is 20.2. The number of nitrogens with one attached hydrogen (secondary N) is 1. The van der Waals surface area contributed by atoms with Crippen LogP contribution >= 0.6 is 22.9 Å². The molecule has 2 fully saturated rings. The third kappa shape index (κ3) is 2.98. The van der Waals surface area contributed by atoms with Crippen molar-refractivity contribution in [2.24, 2.45) is 0 Å². The van der Waals surface area contributed by atoms with Gasteiger partial charge in [-0.3, -0.25) is 9.63 Å². The van der Waals surface area contributed by atoms with E-state index in [1.165, 1.54) is 16.4 Å². The molecule has 142 valence electrons. The van der Waals surface area contributed by atoms with Crippen LogP contribution in [0.2, 0.25) is 0 Å². The quantitative estimate of drug-likeness (QED) is 0.717. The van der Waals surface area contributed by atoms with Crippen molar-refractivity contribution in [3.63, 3.8) is 0 Å². The Bertz CT molecular complexity index is 899. The van der Waals surface area contributed by atoms with E-state index in [1.54, 1.807) is 6.07 Å². The first-order chi connectivity index (χ1) is 13.1. The topological polar surface area (TPSA) is 106 Å². The number of hydrogen-bond acceptors (Lipinski definition) is 9. The summed E-state index contributed by atoms with van der Waals surface area (Å²) in [6, 6.07) is 5.43. The fraction of sp³-hybridized carbons (Fsp3) is 0.438. The van der Waals surface area contributed by atoms with Crippen LogP contribution in [0.4, 0.5) is 5.69 Å². The Morgan fingerprint density at radius 1 is 1.48 bits per heavy atom. The summed E-state index contributed by atoms with van der Waals surface area (Å²) in [6.07, 6.45) is 2.31. The van der Waals surface area contributed by atoms with E-state index in [-0.39, 0.29) is 13.2 Å². The highest BCUT2D eigenvalue weighted by molar-refractivity contribution is 7.11. The molecule has 5 rings (SSSR count). The lowest BCUT2D eigenvalue weighted by Crippen LogP contribution is -2.35. The van der Waals surface area contributed by atoms with Gasteiger partial charge in [0.25, 0.3) is 5.79 Å². The molecule has 11 heteroatoms. The molecule has 2 unspecified atom stereocenters. The highest BCUT2D eigenvalue weighted by atomic mass is 35.5. The summed E-state index contributed by atoms with van der Waals surface area (Å²) < 4.78 is 0. The van der Waals surface area contributed by atoms with Crippen molar-refractivity contribution < 1.29 is 24.4 Å². The lowest BCUT2D eigenvalue weighted by Gasteiger charge is -2.20. The van der Waals surface area contributed by atoms with E-state index in [9.17, 15) is 4.79 Å². The number of aromatic nitrogens is 2. The van der Waals surface area contributed by atoms with E-state index >= 15 is 0 Å². The Hall–Kier alpha value is -1.82. The van der Waals surface area contributed by atoms with Crippen molar-refractivity contribution in [3.05, 3.63) is 39.3 Å². The summed E-state index contributed by atoms with van der Waals surface area (Å²) in [5.41, 5.74) is 4.35. The van der Waals surface area contributed by atoms with Gasteiger partial charge in [0.05, 0.1) is 5.69 Å². The Morgan fingerprint density at radius 2 is 2.33 bits per heavy atom. The minimum Gasteiger partial charge on any atom is -0.480 e. The molecule has 0 radical (unpaired) electrons. The van der Waals surface area contributed by atoms with Crippen LogP contribution in [0.3, 0.4) is 0 Å². The van der Waals surface area contributed by atoms with Crippen LogP contribution in [0.25, 0.3) is 0 Å². The molecule has 27 heavy (non-hydrogen) atoms. The van der Waals surface area contributed by atoms with Gasteiger partial charge in [-0.05, 0) is 30.5 Å². The van der Waals surface area contributed by atoms with Gasteiger partial charge in [0.1, 0.15) is 28.5 Å². The number of hydroxylamine groups is 1. The largest absolute Gasteiger partial charge is 0.480 e. The zero-order valence-corrected chi connectivity index (χ0v) is 15.5. The Morgan fingerprint density at radius 3 is 3.04 bits per heavy atom. The molecule has 0 bridgehead atoms. The molecule has 1 aromatic heterocycles. The molecule has 2 aliphatic heterocycles. The van der Waals surface area contributed by atoms with Crippen LogP contribution in [0.1, 0.15) is 45.3 Å². The molecule has 1 aliphatic carbocycles. The maximum Gasteiger partial charge on any atom is 0.325 e. The highest BCUT2D eigenvalue weighted by Crippen LogP contribution is 2.47. The number of carboxylic acids is 1. The fourth-order valence-electron chi connectivity index (χ4n) is 3.17. The third-order valence-corrected chi connectivity index (χ3v) is 6.39. The van der Waals surface area contributed by atoms with E-state index in [0.717, 1.165) is 28.4 Å². The second-order valence-corrected chi connectivity index (χ2v) is 8.12. The van der Waals surface area contributed by atoms with Gasteiger partial charge in [0, 0.05) is 11.5 Å². The van der Waals surface area contributed by atoms with E-state index in [4.69, 9.17) is 31.2 Å². The minimum atomic E-state index is -1.25. The molecule has 1 aromatic carbocycles. The third-order valence-electron chi connectivity index (χ3n) is 4.66. The standard InChI is InChI=1S/C16H15ClN4O5S/c17-13(15-19-18-14(27-15)8-1-2-8)9-3-4-11-10(5-9)16(7-24-20-25-16)26-21(11)6-12(22)23/h3-5,8,13,20H,1-2,6-7H2,(H,22,23). The predicted molar refractivity (Wildman–Crippen MR) is 93.9 cm³/mol. The van der Waals surface area contributed by atoms with Gasteiger partial charge in [0.15, 0.2) is 0 Å². The van der Waals surface area contributed by atoms with Crippen LogP contribution in [-0.4, -0.2) is 34.4 Å². The van der Waals surface area contributed by atoms with Crippen LogP contribution in [0.5, 0.6) is 0 Å². The first-order valence-corrected chi connectivity index (χ1v) is 9.66. The molecule has 9 nitrogen and oxygen atoms in total. The number of aliphatic carboxylic acids is 1. The Labute approximate surface area is 162 Å². The van der Waals surface area contributed by atoms with E-state index < -0.39 is 17.1 Å². The highest BCUT2D eigenvalue weighted by Gasteiger charge is 2.51. The maximum absolute atomic E-state index is 11.1. The number of hydrogen-bond donors (Lipinski definition) is 2.